The number of sulfone groups is 1. The van der Waals surface area contributed by atoms with Crippen LogP contribution >= 0.6 is 0 Å². The topological polar surface area (TPSA) is 109 Å². The molecule has 1 aliphatic rings. The van der Waals surface area contributed by atoms with Gasteiger partial charge in [0.15, 0.2) is 9.84 Å². The molecule has 0 saturated carbocycles. The van der Waals surface area contributed by atoms with Gasteiger partial charge in [-0.05, 0) is 18.6 Å². The maximum Gasteiger partial charge on any atom is 0.332 e. The monoisotopic (exact) mass is 318 g/mol. The third kappa shape index (κ3) is 3.70. The van der Waals surface area contributed by atoms with Gasteiger partial charge in [0.2, 0.25) is 10.0 Å². The number of hydrogen-bond donors (Lipinski definition) is 2. The van der Waals surface area contributed by atoms with E-state index in [1.54, 1.807) is 30.3 Å². The molecule has 2 rings (SSSR count). The summed E-state index contributed by atoms with van der Waals surface area (Å²) < 4.78 is 48.2. The van der Waals surface area contributed by atoms with Gasteiger partial charge < -0.3 is 5.32 Å². The first kappa shape index (κ1) is 14.8. The Balaban J connectivity index is 2.00. The van der Waals surface area contributed by atoms with Crippen molar-refractivity contribution in [2.45, 2.75) is 11.7 Å². The van der Waals surface area contributed by atoms with E-state index in [1.165, 1.54) is 0 Å². The number of carbonyl (C=O) groups excluding carboxylic acids is 1. The summed E-state index contributed by atoms with van der Waals surface area (Å²) >= 11 is 0. The van der Waals surface area contributed by atoms with Gasteiger partial charge in [-0.25, -0.2) is 26.4 Å². The lowest BCUT2D eigenvalue weighted by molar-refractivity contribution is 0.256. The van der Waals surface area contributed by atoms with Gasteiger partial charge >= 0.3 is 6.03 Å². The van der Waals surface area contributed by atoms with Crippen molar-refractivity contribution in [2.75, 3.05) is 16.8 Å². The van der Waals surface area contributed by atoms with Crippen molar-refractivity contribution in [2.24, 2.45) is 0 Å². The van der Waals surface area contributed by atoms with Crippen molar-refractivity contribution in [3.63, 3.8) is 0 Å². The molecule has 1 unspecified atom stereocenters. The lowest BCUT2D eigenvalue weighted by atomic mass is 10.3. The molecule has 2 N–H and O–H groups in total. The fourth-order valence-electron chi connectivity index (χ4n) is 1.90. The fraction of sp³-hybridized carbons (Fsp3) is 0.364. The highest BCUT2D eigenvalue weighted by Crippen LogP contribution is 2.18. The molecule has 0 aromatic heterocycles. The molecule has 9 heteroatoms. The summed E-state index contributed by atoms with van der Waals surface area (Å²) in [6.45, 7) is 0. The van der Waals surface area contributed by atoms with Crippen LogP contribution < -0.4 is 10.0 Å². The van der Waals surface area contributed by atoms with Crippen molar-refractivity contribution < 1.29 is 21.6 Å². The highest BCUT2D eigenvalue weighted by atomic mass is 32.2. The van der Waals surface area contributed by atoms with Crippen molar-refractivity contribution in [1.29, 1.82) is 0 Å². The van der Waals surface area contributed by atoms with E-state index in [9.17, 15) is 21.6 Å². The maximum absolute atomic E-state index is 11.9. The molecule has 1 saturated heterocycles. The van der Waals surface area contributed by atoms with Crippen molar-refractivity contribution >= 4 is 31.6 Å². The Morgan fingerprint density at radius 3 is 2.40 bits per heavy atom. The minimum atomic E-state index is -3.99. The van der Waals surface area contributed by atoms with E-state index in [2.05, 4.69) is 5.32 Å². The zero-order chi connectivity index (χ0) is 14.8. The Bertz CT molecular complexity index is 698. The third-order valence-electron chi connectivity index (χ3n) is 2.90. The summed E-state index contributed by atoms with van der Waals surface area (Å²) in [6, 6.07) is 7.43. The van der Waals surface area contributed by atoms with Gasteiger partial charge in [0.1, 0.15) is 0 Å². The van der Waals surface area contributed by atoms with E-state index >= 15 is 0 Å². The van der Waals surface area contributed by atoms with Gasteiger partial charge in [0, 0.05) is 5.69 Å². The summed E-state index contributed by atoms with van der Waals surface area (Å²) in [7, 11) is -7.32. The predicted octanol–water partition coefficient (Wildman–Crippen LogP) is 0.325. The molecule has 7 nitrogen and oxygen atoms in total. The number of sulfonamides is 1. The zero-order valence-corrected chi connectivity index (χ0v) is 12.1. The standard InChI is InChI=1S/C11H14N2O5S2/c14-11(12-9-4-2-1-3-5-9)13-20(17,18)10-6-7-19(15,16)8-10/h1-5,10H,6-8H2,(H2,12,13,14). The smallest absolute Gasteiger partial charge is 0.307 e. The Hall–Kier alpha value is -1.61. The normalized spacial score (nSPS) is 21.3. The van der Waals surface area contributed by atoms with Crippen molar-refractivity contribution in [1.82, 2.24) is 4.72 Å². The number of hydrogen-bond acceptors (Lipinski definition) is 5. The first-order chi connectivity index (χ1) is 9.28. The molecule has 2 amide bonds. The minimum absolute atomic E-state index is 0.0102. The number of para-hydroxylation sites is 1. The minimum Gasteiger partial charge on any atom is -0.307 e. The van der Waals surface area contributed by atoms with Gasteiger partial charge in [0.25, 0.3) is 0 Å². The molecule has 1 aromatic carbocycles. The van der Waals surface area contributed by atoms with Crippen LogP contribution in [0.5, 0.6) is 0 Å². The van der Waals surface area contributed by atoms with Crippen LogP contribution in [0.3, 0.4) is 0 Å². The average Bonchev–Trinajstić information content (AvgIpc) is 2.71. The quantitative estimate of drug-likeness (QED) is 0.834. The Kier molecular flexibility index (Phi) is 4.00. The van der Waals surface area contributed by atoms with Crippen LogP contribution in [0.4, 0.5) is 10.5 Å². The summed E-state index contributed by atoms with van der Waals surface area (Å²) in [6.07, 6.45) is 0.0102. The molecular weight excluding hydrogens is 304 g/mol. The lowest BCUT2D eigenvalue weighted by Crippen LogP contribution is -2.41. The van der Waals surface area contributed by atoms with Crippen LogP contribution in [0.1, 0.15) is 6.42 Å². The summed E-state index contributed by atoms with van der Waals surface area (Å²) in [5.74, 6) is -0.611. The number of carbonyl (C=O) groups is 1. The molecule has 1 aliphatic heterocycles. The molecule has 110 valence electrons. The second-order valence-corrected chi connectivity index (χ2v) is 8.68. The molecule has 0 bridgehead atoms. The van der Waals surface area contributed by atoms with E-state index in [0.717, 1.165) is 0 Å². The summed E-state index contributed by atoms with van der Waals surface area (Å²) in [4.78, 5) is 11.6. The number of anilines is 1. The molecule has 1 heterocycles. The van der Waals surface area contributed by atoms with Gasteiger partial charge in [-0.15, -0.1) is 0 Å². The Morgan fingerprint density at radius 1 is 1.20 bits per heavy atom. The van der Waals surface area contributed by atoms with E-state index in [4.69, 9.17) is 0 Å². The van der Waals surface area contributed by atoms with E-state index in [1.807, 2.05) is 4.72 Å². The van der Waals surface area contributed by atoms with E-state index in [-0.39, 0.29) is 12.2 Å². The summed E-state index contributed by atoms with van der Waals surface area (Å²) in [5.41, 5.74) is 0.444. The van der Waals surface area contributed by atoms with Gasteiger partial charge in [0.05, 0.1) is 16.8 Å². The largest absolute Gasteiger partial charge is 0.332 e. The maximum atomic E-state index is 11.9. The first-order valence-electron chi connectivity index (χ1n) is 5.87. The van der Waals surface area contributed by atoms with E-state index < -0.39 is 36.9 Å². The van der Waals surface area contributed by atoms with Crippen LogP contribution in [-0.4, -0.2) is 39.6 Å². The van der Waals surface area contributed by atoms with Gasteiger partial charge in [-0.1, -0.05) is 18.2 Å². The second kappa shape index (κ2) is 5.41. The van der Waals surface area contributed by atoms with Crippen LogP contribution in [0.25, 0.3) is 0 Å². The van der Waals surface area contributed by atoms with Gasteiger partial charge in [-0.3, -0.25) is 0 Å². The SMILES string of the molecule is O=C(Nc1ccccc1)NS(=O)(=O)C1CCS(=O)(=O)C1. The molecule has 1 fully saturated rings. The van der Waals surface area contributed by atoms with Crippen molar-refractivity contribution in [3.8, 4) is 0 Å². The molecule has 0 radical (unpaired) electrons. The molecule has 1 aromatic rings. The second-order valence-electron chi connectivity index (χ2n) is 4.49. The predicted molar refractivity (Wildman–Crippen MR) is 74.6 cm³/mol. The number of urea groups is 1. The molecular formula is C11H14N2O5S2. The molecule has 1 atom stereocenters. The summed E-state index contributed by atoms with van der Waals surface area (Å²) in [5, 5.41) is 1.29. The number of amides is 2. The zero-order valence-electron chi connectivity index (χ0n) is 10.4. The highest BCUT2D eigenvalue weighted by Gasteiger charge is 2.38. The number of rotatable bonds is 3. The van der Waals surface area contributed by atoms with Crippen LogP contribution in [-0.2, 0) is 19.9 Å². The molecule has 0 spiro atoms. The van der Waals surface area contributed by atoms with Crippen molar-refractivity contribution in [3.05, 3.63) is 30.3 Å². The van der Waals surface area contributed by atoms with Crippen LogP contribution in [0.15, 0.2) is 30.3 Å². The number of nitrogens with one attached hydrogen (secondary N) is 2. The van der Waals surface area contributed by atoms with Crippen LogP contribution in [0.2, 0.25) is 0 Å². The molecule has 0 aliphatic carbocycles. The Labute approximate surface area is 117 Å². The lowest BCUT2D eigenvalue weighted by Gasteiger charge is -2.12. The van der Waals surface area contributed by atoms with Crippen LogP contribution in [0, 0.1) is 0 Å². The highest BCUT2D eigenvalue weighted by molar-refractivity contribution is 7.95. The van der Waals surface area contributed by atoms with Gasteiger partial charge in [-0.2, -0.15) is 0 Å². The third-order valence-corrected chi connectivity index (χ3v) is 6.62. The average molecular weight is 318 g/mol. The van der Waals surface area contributed by atoms with E-state index in [0.29, 0.717) is 5.69 Å². The fourth-order valence-corrected chi connectivity index (χ4v) is 5.83. The first-order valence-corrected chi connectivity index (χ1v) is 9.23. The number of benzene rings is 1. The molecule has 20 heavy (non-hydrogen) atoms. The Morgan fingerprint density at radius 2 is 1.85 bits per heavy atom.